The van der Waals surface area contributed by atoms with E-state index in [-0.39, 0.29) is 19.1 Å². The summed E-state index contributed by atoms with van der Waals surface area (Å²) in [5.74, 6) is -0.907. The van der Waals surface area contributed by atoms with Gasteiger partial charge in [0.15, 0.2) is 13.2 Å². The number of nitrogens with zero attached hydrogens (tertiary/aromatic N) is 1. The second-order valence-corrected chi connectivity index (χ2v) is 7.26. The Bertz CT molecular complexity index is 919. The highest BCUT2D eigenvalue weighted by molar-refractivity contribution is 5.96. The van der Waals surface area contributed by atoms with Crippen molar-refractivity contribution >= 4 is 23.5 Å². The second-order valence-electron chi connectivity index (χ2n) is 7.26. The van der Waals surface area contributed by atoms with Crippen LogP contribution < -0.4 is 10.1 Å². The molecular formula is C23H28N2O5. The van der Waals surface area contributed by atoms with Crippen LogP contribution >= 0.6 is 0 Å². The molecule has 2 rings (SSSR count). The van der Waals surface area contributed by atoms with Crippen molar-refractivity contribution in [3.63, 3.8) is 0 Å². The van der Waals surface area contributed by atoms with Crippen molar-refractivity contribution in [1.29, 1.82) is 0 Å². The molecule has 0 aliphatic rings. The molecule has 0 atom stereocenters. The molecule has 2 aromatic carbocycles. The minimum absolute atomic E-state index is 0.150. The summed E-state index contributed by atoms with van der Waals surface area (Å²) in [5.41, 5.74) is 4.79. The highest BCUT2D eigenvalue weighted by atomic mass is 16.6. The van der Waals surface area contributed by atoms with Gasteiger partial charge in [-0.3, -0.25) is 9.59 Å². The molecule has 1 N–H and O–H groups in total. The number of hydrogen-bond acceptors (Lipinski definition) is 5. The summed E-state index contributed by atoms with van der Waals surface area (Å²) in [4.78, 5) is 37.4. The molecule has 0 spiro atoms. The monoisotopic (exact) mass is 412 g/mol. The van der Waals surface area contributed by atoms with E-state index in [0.29, 0.717) is 5.75 Å². The number of carbonyl (C=O) groups is 3. The Kier molecular flexibility index (Phi) is 7.98. The van der Waals surface area contributed by atoms with E-state index in [1.165, 1.54) is 11.9 Å². The lowest BCUT2D eigenvalue weighted by atomic mass is 10.1. The summed E-state index contributed by atoms with van der Waals surface area (Å²) < 4.78 is 10.3. The smallest absolute Gasteiger partial charge is 0.344 e. The minimum atomic E-state index is -0.657. The van der Waals surface area contributed by atoms with Crippen LogP contribution in [0.3, 0.4) is 0 Å². The van der Waals surface area contributed by atoms with Gasteiger partial charge in [-0.25, -0.2) is 4.79 Å². The number of rotatable bonds is 8. The highest BCUT2D eigenvalue weighted by Crippen LogP contribution is 2.19. The van der Waals surface area contributed by atoms with Gasteiger partial charge in [-0.05, 0) is 62.1 Å². The van der Waals surface area contributed by atoms with E-state index in [1.807, 2.05) is 58.0 Å². The number of hydrogen-bond donors (Lipinski definition) is 1. The van der Waals surface area contributed by atoms with E-state index in [0.717, 1.165) is 27.9 Å². The van der Waals surface area contributed by atoms with Crippen LogP contribution in [0.25, 0.3) is 0 Å². The number of benzene rings is 2. The fourth-order valence-corrected chi connectivity index (χ4v) is 2.73. The van der Waals surface area contributed by atoms with Gasteiger partial charge in [0.05, 0.1) is 6.54 Å². The number of likely N-dealkylation sites (N-methyl/N-ethyl adjacent to an activating group) is 1. The summed E-state index contributed by atoms with van der Waals surface area (Å²) in [7, 11) is 1.48. The van der Waals surface area contributed by atoms with Crippen molar-refractivity contribution in [2.45, 2.75) is 27.7 Å². The molecule has 0 bridgehead atoms. The van der Waals surface area contributed by atoms with E-state index in [1.54, 1.807) is 6.07 Å². The fraction of sp³-hybridized carbons (Fsp3) is 0.348. The van der Waals surface area contributed by atoms with Crippen molar-refractivity contribution in [1.82, 2.24) is 4.90 Å². The molecule has 0 fully saturated rings. The van der Waals surface area contributed by atoms with Gasteiger partial charge < -0.3 is 19.7 Å². The number of esters is 1. The van der Waals surface area contributed by atoms with Gasteiger partial charge in [-0.15, -0.1) is 0 Å². The Balaban J connectivity index is 1.76. The highest BCUT2D eigenvalue weighted by Gasteiger charge is 2.16. The zero-order valence-corrected chi connectivity index (χ0v) is 18.1. The van der Waals surface area contributed by atoms with Gasteiger partial charge in [0.2, 0.25) is 5.91 Å². The number of aryl methyl sites for hydroxylation is 4. The molecule has 0 aromatic heterocycles. The van der Waals surface area contributed by atoms with E-state index >= 15 is 0 Å². The molecule has 0 radical (unpaired) electrons. The number of anilines is 1. The third-order valence-corrected chi connectivity index (χ3v) is 4.74. The maximum Gasteiger partial charge on any atom is 0.344 e. The molecule has 30 heavy (non-hydrogen) atoms. The number of nitrogens with one attached hydrogen (secondary N) is 1. The molecular weight excluding hydrogens is 384 g/mol. The molecule has 160 valence electrons. The molecule has 0 aliphatic carbocycles. The standard InChI is InChI=1S/C23H28N2O5/c1-15-9-10-19(11-18(15)4)29-14-22(28)30-13-21(27)25(5)12-20(26)24-23-16(2)7-6-8-17(23)3/h6-11H,12-14H2,1-5H3,(H,24,26). The average molecular weight is 412 g/mol. The van der Waals surface area contributed by atoms with Crippen LogP contribution in [0.4, 0.5) is 5.69 Å². The van der Waals surface area contributed by atoms with Crippen molar-refractivity contribution in [2.24, 2.45) is 0 Å². The largest absolute Gasteiger partial charge is 0.482 e. The lowest BCUT2D eigenvalue weighted by Crippen LogP contribution is -2.38. The maximum atomic E-state index is 12.2. The van der Waals surface area contributed by atoms with Crippen LogP contribution in [0.1, 0.15) is 22.3 Å². The minimum Gasteiger partial charge on any atom is -0.482 e. The van der Waals surface area contributed by atoms with Crippen LogP contribution in [0, 0.1) is 27.7 Å². The molecule has 0 aliphatic heterocycles. The molecule has 2 amide bonds. The lowest BCUT2D eigenvalue weighted by molar-refractivity contribution is -0.153. The number of para-hydroxylation sites is 1. The Hall–Kier alpha value is -3.35. The molecule has 0 saturated heterocycles. The van der Waals surface area contributed by atoms with Crippen molar-refractivity contribution in [3.05, 3.63) is 58.7 Å². The van der Waals surface area contributed by atoms with E-state index in [2.05, 4.69) is 5.32 Å². The molecule has 7 heteroatoms. The lowest BCUT2D eigenvalue weighted by Gasteiger charge is -2.18. The molecule has 0 heterocycles. The first kappa shape index (κ1) is 22.9. The van der Waals surface area contributed by atoms with Crippen LogP contribution in [0.15, 0.2) is 36.4 Å². The van der Waals surface area contributed by atoms with Crippen molar-refractivity contribution in [3.8, 4) is 5.75 Å². The summed E-state index contributed by atoms with van der Waals surface area (Å²) in [5, 5.41) is 2.82. The normalized spacial score (nSPS) is 10.3. The summed E-state index contributed by atoms with van der Waals surface area (Å²) in [6.07, 6.45) is 0. The zero-order valence-electron chi connectivity index (χ0n) is 18.1. The quantitative estimate of drug-likeness (QED) is 0.674. The van der Waals surface area contributed by atoms with Gasteiger partial charge in [0.1, 0.15) is 5.75 Å². The van der Waals surface area contributed by atoms with Crippen LogP contribution in [-0.4, -0.2) is 49.5 Å². The van der Waals surface area contributed by atoms with Crippen molar-refractivity contribution < 1.29 is 23.9 Å². The predicted molar refractivity (Wildman–Crippen MR) is 115 cm³/mol. The first-order chi connectivity index (χ1) is 14.2. The Morgan fingerprint density at radius 1 is 0.900 bits per heavy atom. The van der Waals surface area contributed by atoms with Crippen LogP contribution in [0.2, 0.25) is 0 Å². The van der Waals surface area contributed by atoms with Gasteiger partial charge in [0.25, 0.3) is 5.91 Å². The topological polar surface area (TPSA) is 84.9 Å². The van der Waals surface area contributed by atoms with Gasteiger partial charge >= 0.3 is 5.97 Å². The van der Waals surface area contributed by atoms with E-state index in [4.69, 9.17) is 9.47 Å². The van der Waals surface area contributed by atoms with Crippen molar-refractivity contribution in [2.75, 3.05) is 32.1 Å². The van der Waals surface area contributed by atoms with Crippen LogP contribution in [0.5, 0.6) is 5.75 Å². The summed E-state index contributed by atoms with van der Waals surface area (Å²) >= 11 is 0. The van der Waals surface area contributed by atoms with E-state index in [9.17, 15) is 14.4 Å². The molecule has 2 aromatic rings. The number of amides is 2. The Morgan fingerprint density at radius 2 is 1.57 bits per heavy atom. The maximum absolute atomic E-state index is 12.2. The third-order valence-electron chi connectivity index (χ3n) is 4.74. The molecule has 0 unspecified atom stereocenters. The molecule has 0 saturated carbocycles. The van der Waals surface area contributed by atoms with Crippen LogP contribution in [-0.2, 0) is 19.1 Å². The summed E-state index contributed by atoms with van der Waals surface area (Å²) in [6, 6.07) is 11.2. The van der Waals surface area contributed by atoms with E-state index < -0.39 is 18.5 Å². The zero-order chi connectivity index (χ0) is 22.3. The Morgan fingerprint density at radius 3 is 2.20 bits per heavy atom. The average Bonchev–Trinajstić information content (AvgIpc) is 2.69. The first-order valence-corrected chi connectivity index (χ1v) is 9.63. The predicted octanol–water partition coefficient (Wildman–Crippen LogP) is 2.94. The SMILES string of the molecule is Cc1ccc(OCC(=O)OCC(=O)N(C)CC(=O)Nc2c(C)cccc2C)cc1C. The van der Waals surface area contributed by atoms with Gasteiger partial charge in [0, 0.05) is 12.7 Å². The second kappa shape index (κ2) is 10.4. The number of ether oxygens (including phenoxy) is 2. The summed E-state index contributed by atoms with van der Waals surface area (Å²) in [6.45, 7) is 6.83. The van der Waals surface area contributed by atoms with Gasteiger partial charge in [-0.2, -0.15) is 0 Å². The molecule has 7 nitrogen and oxygen atoms in total. The fourth-order valence-electron chi connectivity index (χ4n) is 2.73. The Labute approximate surface area is 177 Å². The third kappa shape index (κ3) is 6.62. The number of carbonyl (C=O) groups excluding carboxylic acids is 3. The first-order valence-electron chi connectivity index (χ1n) is 9.63. The van der Waals surface area contributed by atoms with Gasteiger partial charge in [-0.1, -0.05) is 24.3 Å².